The molecule has 2 amide bonds. The quantitative estimate of drug-likeness (QED) is 0.443. The third-order valence-corrected chi connectivity index (χ3v) is 4.24. The third kappa shape index (κ3) is 4.79. The van der Waals surface area contributed by atoms with Crippen molar-refractivity contribution < 1.29 is 4.79 Å². The molecule has 0 aliphatic carbocycles. The molecule has 27 heavy (non-hydrogen) atoms. The number of aryl methyl sites for hydroxylation is 1. The van der Waals surface area contributed by atoms with Gasteiger partial charge >= 0.3 is 6.03 Å². The van der Waals surface area contributed by atoms with Crippen molar-refractivity contribution >= 4 is 11.7 Å². The maximum absolute atomic E-state index is 13.1. The van der Waals surface area contributed by atoms with Gasteiger partial charge in [-0.25, -0.2) is 4.79 Å². The number of rotatable bonds is 6. The van der Waals surface area contributed by atoms with Gasteiger partial charge in [0.1, 0.15) is 0 Å². The molecule has 0 aliphatic rings. The number of hydrogen-bond donors (Lipinski definition) is 0. The molecule has 0 bridgehead atoms. The Labute approximate surface area is 158 Å². The first-order valence-electron chi connectivity index (χ1n) is 8.74. The molecule has 3 aromatic rings. The second kappa shape index (κ2) is 8.76. The Balaban J connectivity index is 1.88. The molecule has 0 aromatic heterocycles. The number of anilines is 1. The molecule has 3 rings (SSSR count). The van der Waals surface area contributed by atoms with Crippen molar-refractivity contribution in [1.29, 1.82) is 0 Å². The zero-order valence-corrected chi connectivity index (χ0v) is 15.2. The molecular weight excluding hydrogens is 338 g/mol. The summed E-state index contributed by atoms with van der Waals surface area (Å²) in [6, 6.07) is 26.1. The van der Waals surface area contributed by atoms with Gasteiger partial charge in [-0.05, 0) is 30.2 Å². The van der Waals surface area contributed by atoms with Crippen LogP contribution in [0.15, 0.2) is 90.2 Å². The normalized spacial score (nSPS) is 10.3. The summed E-state index contributed by atoms with van der Waals surface area (Å²) in [5, 5.41) is 3.89. The number of carbonyl (C=O) groups is 1. The zero-order chi connectivity index (χ0) is 19.1. The molecule has 5 heteroatoms. The van der Waals surface area contributed by atoms with E-state index >= 15 is 0 Å². The number of amides is 2. The van der Waals surface area contributed by atoms with Crippen LogP contribution < -0.4 is 5.01 Å². The monoisotopic (exact) mass is 359 g/mol. The van der Waals surface area contributed by atoms with Crippen LogP contribution in [0.1, 0.15) is 16.7 Å². The van der Waals surface area contributed by atoms with Gasteiger partial charge < -0.3 is 4.90 Å². The number of nitrogens with zero attached hydrogens (tertiary/aromatic N) is 3. The van der Waals surface area contributed by atoms with Crippen molar-refractivity contribution in [3.05, 3.63) is 107 Å². The number of urea groups is 1. The lowest BCUT2D eigenvalue weighted by Crippen LogP contribution is -2.39. The van der Waals surface area contributed by atoms with Gasteiger partial charge in [-0.3, -0.25) is 0 Å². The molecule has 0 radical (unpaired) electrons. The second-order valence-electron chi connectivity index (χ2n) is 6.34. The van der Waals surface area contributed by atoms with Crippen molar-refractivity contribution in [1.82, 2.24) is 4.90 Å². The first-order valence-corrected chi connectivity index (χ1v) is 8.74. The lowest BCUT2D eigenvalue weighted by Gasteiger charge is -2.26. The molecule has 0 N–H and O–H groups in total. The van der Waals surface area contributed by atoms with Crippen LogP contribution in [0.25, 0.3) is 0 Å². The fourth-order valence-corrected chi connectivity index (χ4v) is 2.81. The van der Waals surface area contributed by atoms with Crippen LogP contribution in [0.2, 0.25) is 0 Å². The standard InChI is InChI=1S/C22H21N3O2/c1-18-12-14-21(15-13-18)25(23-27)22(26)24(16-19-8-4-2-5-9-19)17-20-10-6-3-7-11-20/h2-15H,16-17H2,1H3. The Bertz CT molecular complexity index is 839. The first-order chi connectivity index (χ1) is 13.2. The van der Waals surface area contributed by atoms with Crippen LogP contribution in [0, 0.1) is 11.8 Å². The lowest BCUT2D eigenvalue weighted by atomic mass is 10.1. The van der Waals surface area contributed by atoms with Crippen LogP contribution in [0.5, 0.6) is 0 Å². The number of hydrogen-bond acceptors (Lipinski definition) is 3. The van der Waals surface area contributed by atoms with E-state index in [2.05, 4.69) is 5.29 Å². The summed E-state index contributed by atoms with van der Waals surface area (Å²) < 4.78 is 0. The molecule has 136 valence electrons. The maximum Gasteiger partial charge on any atom is 0.348 e. The lowest BCUT2D eigenvalue weighted by molar-refractivity contribution is 0.199. The summed E-state index contributed by atoms with van der Waals surface area (Å²) in [5.41, 5.74) is 3.46. The van der Waals surface area contributed by atoms with E-state index in [0.717, 1.165) is 21.7 Å². The molecule has 0 spiro atoms. The average Bonchev–Trinajstić information content (AvgIpc) is 2.71. The van der Waals surface area contributed by atoms with Crippen molar-refractivity contribution in [2.24, 2.45) is 5.29 Å². The summed E-state index contributed by atoms with van der Waals surface area (Å²) in [4.78, 5) is 26.2. The Morgan fingerprint density at radius 1 is 0.778 bits per heavy atom. The summed E-state index contributed by atoms with van der Waals surface area (Å²) in [5.74, 6) is 0. The topological polar surface area (TPSA) is 53.0 Å². The van der Waals surface area contributed by atoms with Crippen molar-refractivity contribution in [2.75, 3.05) is 5.01 Å². The predicted octanol–water partition coefficient (Wildman–Crippen LogP) is 5.31. The van der Waals surface area contributed by atoms with E-state index in [-0.39, 0.29) is 0 Å². The number of carbonyl (C=O) groups excluding carboxylic acids is 1. The van der Waals surface area contributed by atoms with Crippen LogP contribution >= 0.6 is 0 Å². The third-order valence-electron chi connectivity index (χ3n) is 4.24. The van der Waals surface area contributed by atoms with Gasteiger partial charge in [0.2, 0.25) is 0 Å². The van der Waals surface area contributed by atoms with Gasteiger partial charge in [-0.1, -0.05) is 78.4 Å². The van der Waals surface area contributed by atoms with E-state index < -0.39 is 6.03 Å². The van der Waals surface area contributed by atoms with Crippen molar-refractivity contribution in [2.45, 2.75) is 20.0 Å². The molecule has 3 aromatic carbocycles. The van der Waals surface area contributed by atoms with Crippen molar-refractivity contribution in [3.63, 3.8) is 0 Å². The van der Waals surface area contributed by atoms with Crippen LogP contribution in [-0.2, 0) is 13.1 Å². The van der Waals surface area contributed by atoms with E-state index in [4.69, 9.17) is 0 Å². The van der Waals surface area contributed by atoms with Gasteiger partial charge in [-0.15, -0.1) is 9.92 Å². The molecule has 0 saturated heterocycles. The van der Waals surface area contributed by atoms with Gasteiger partial charge in [0.15, 0.2) is 0 Å². The fourth-order valence-electron chi connectivity index (χ4n) is 2.81. The highest BCUT2D eigenvalue weighted by Crippen LogP contribution is 2.20. The van der Waals surface area contributed by atoms with Gasteiger partial charge in [0.05, 0.1) is 11.0 Å². The Morgan fingerprint density at radius 3 is 1.70 bits per heavy atom. The predicted molar refractivity (Wildman–Crippen MR) is 107 cm³/mol. The maximum atomic E-state index is 13.1. The number of nitroso groups, excluding NO2 is 1. The highest BCUT2D eigenvalue weighted by Gasteiger charge is 2.24. The second-order valence-corrected chi connectivity index (χ2v) is 6.34. The Kier molecular flexibility index (Phi) is 5.94. The smallest absolute Gasteiger partial charge is 0.314 e. The summed E-state index contributed by atoms with van der Waals surface area (Å²) >= 11 is 0. The molecule has 0 heterocycles. The van der Waals surface area contributed by atoms with Gasteiger partial charge in [-0.2, -0.15) is 0 Å². The Hall–Kier alpha value is -3.47. The van der Waals surface area contributed by atoms with E-state index in [9.17, 15) is 9.70 Å². The Morgan fingerprint density at radius 2 is 1.26 bits per heavy atom. The van der Waals surface area contributed by atoms with E-state index in [1.807, 2.05) is 79.7 Å². The van der Waals surface area contributed by atoms with Gasteiger partial charge in [0, 0.05) is 13.1 Å². The molecule has 5 nitrogen and oxygen atoms in total. The van der Waals surface area contributed by atoms with Gasteiger partial charge in [0.25, 0.3) is 0 Å². The minimum atomic E-state index is -0.457. The summed E-state index contributed by atoms with van der Waals surface area (Å²) in [7, 11) is 0. The highest BCUT2D eigenvalue weighted by atomic mass is 16.3. The van der Waals surface area contributed by atoms with Crippen LogP contribution in [0.4, 0.5) is 10.5 Å². The molecule has 0 aliphatic heterocycles. The highest BCUT2D eigenvalue weighted by molar-refractivity contribution is 5.91. The van der Waals surface area contributed by atoms with E-state index in [1.165, 1.54) is 0 Å². The minimum Gasteiger partial charge on any atom is -0.314 e. The molecule has 0 fully saturated rings. The van der Waals surface area contributed by atoms with E-state index in [0.29, 0.717) is 18.8 Å². The van der Waals surface area contributed by atoms with Crippen LogP contribution in [-0.4, -0.2) is 10.9 Å². The molecular formula is C22H21N3O2. The molecule has 0 saturated carbocycles. The zero-order valence-electron chi connectivity index (χ0n) is 15.2. The largest absolute Gasteiger partial charge is 0.348 e. The molecule has 0 atom stereocenters. The first kappa shape index (κ1) is 18.3. The SMILES string of the molecule is Cc1ccc(N(N=O)C(=O)N(Cc2ccccc2)Cc2ccccc2)cc1. The summed E-state index contributed by atoms with van der Waals surface area (Å²) in [6.07, 6.45) is 0. The van der Waals surface area contributed by atoms with E-state index in [1.54, 1.807) is 17.0 Å². The average molecular weight is 359 g/mol. The number of benzene rings is 3. The minimum absolute atomic E-state index is 0.381. The summed E-state index contributed by atoms with van der Waals surface area (Å²) in [6.45, 7) is 2.71. The fraction of sp³-hybridized carbons (Fsp3) is 0.136. The van der Waals surface area contributed by atoms with Crippen LogP contribution in [0.3, 0.4) is 0 Å². The molecule has 0 unspecified atom stereocenters. The van der Waals surface area contributed by atoms with Crippen molar-refractivity contribution in [3.8, 4) is 0 Å².